The first-order valence-electron chi connectivity index (χ1n) is 4.51. The molecule has 0 aliphatic carbocycles. The molecule has 76 valence electrons. The van der Waals surface area contributed by atoms with Gasteiger partial charge in [0.1, 0.15) is 5.69 Å². The van der Waals surface area contributed by atoms with Gasteiger partial charge in [0.05, 0.1) is 0 Å². The summed E-state index contributed by atoms with van der Waals surface area (Å²) in [5.41, 5.74) is 0.104. The molecule has 14 heavy (non-hydrogen) atoms. The van der Waals surface area contributed by atoms with Gasteiger partial charge < -0.3 is 4.90 Å². The Labute approximate surface area is 89.8 Å². The molecular weight excluding hydrogens is 252 g/mol. The lowest BCUT2D eigenvalue weighted by Gasteiger charge is -2.40. The van der Waals surface area contributed by atoms with Gasteiger partial charge in [-0.3, -0.25) is 0 Å². The Morgan fingerprint density at radius 2 is 1.93 bits per heavy atom. The maximum atomic E-state index is 13.4. The van der Waals surface area contributed by atoms with Crippen molar-refractivity contribution in [1.29, 1.82) is 0 Å². The van der Waals surface area contributed by atoms with Crippen LogP contribution in [0.5, 0.6) is 0 Å². The van der Waals surface area contributed by atoms with E-state index in [9.17, 15) is 8.78 Å². The van der Waals surface area contributed by atoms with Crippen LogP contribution in [0.4, 0.5) is 14.5 Å². The normalized spacial score (nSPS) is 20.9. The van der Waals surface area contributed by atoms with E-state index in [1.54, 1.807) is 4.90 Å². The largest absolute Gasteiger partial charge is 0.364 e. The minimum absolute atomic E-state index is 0.104. The molecule has 0 bridgehead atoms. The summed E-state index contributed by atoms with van der Waals surface area (Å²) in [5.74, 6) is -0.994. The molecule has 1 unspecified atom stereocenters. The summed E-state index contributed by atoms with van der Waals surface area (Å²) in [6, 6.07) is 2.83. The van der Waals surface area contributed by atoms with Crippen LogP contribution in [0.1, 0.15) is 13.3 Å². The lowest BCUT2D eigenvalue weighted by molar-refractivity contribution is 0.454. The summed E-state index contributed by atoms with van der Waals surface area (Å²) in [4.78, 5) is 1.75. The highest BCUT2D eigenvalue weighted by Crippen LogP contribution is 2.32. The second-order valence-corrected chi connectivity index (χ2v) is 4.46. The van der Waals surface area contributed by atoms with Gasteiger partial charge in [0.2, 0.25) is 0 Å². The Bertz CT molecular complexity index is 344. The van der Waals surface area contributed by atoms with Gasteiger partial charge in [0.25, 0.3) is 0 Å². The van der Waals surface area contributed by atoms with Crippen LogP contribution in [-0.2, 0) is 0 Å². The van der Waals surface area contributed by atoms with Crippen molar-refractivity contribution >= 4 is 21.6 Å². The van der Waals surface area contributed by atoms with Crippen molar-refractivity contribution in [3.05, 3.63) is 28.2 Å². The van der Waals surface area contributed by atoms with E-state index in [4.69, 9.17) is 0 Å². The average molecular weight is 262 g/mol. The summed E-state index contributed by atoms with van der Waals surface area (Å²) in [5, 5.41) is 0. The van der Waals surface area contributed by atoms with E-state index in [1.165, 1.54) is 12.1 Å². The lowest BCUT2D eigenvalue weighted by atomic mass is 10.0. The zero-order valence-corrected chi connectivity index (χ0v) is 9.31. The number of rotatable bonds is 1. The molecule has 1 nitrogen and oxygen atoms in total. The molecule has 1 aromatic carbocycles. The summed E-state index contributed by atoms with van der Waals surface area (Å²) in [6.45, 7) is 2.70. The Kier molecular flexibility index (Phi) is 2.47. The van der Waals surface area contributed by atoms with Gasteiger partial charge in [-0.15, -0.1) is 0 Å². The summed E-state index contributed by atoms with van der Waals surface area (Å²) < 4.78 is 27.3. The highest BCUT2D eigenvalue weighted by molar-refractivity contribution is 9.10. The molecule has 1 aliphatic rings. The molecule has 1 atom stereocenters. The predicted octanol–water partition coefficient (Wildman–Crippen LogP) is 3.33. The number of benzene rings is 1. The minimum Gasteiger partial charge on any atom is -0.364 e. The topological polar surface area (TPSA) is 3.24 Å². The predicted molar refractivity (Wildman–Crippen MR) is 55.5 cm³/mol. The number of nitrogens with zero attached hydrogens (tertiary/aromatic N) is 1. The zero-order chi connectivity index (χ0) is 10.3. The van der Waals surface area contributed by atoms with Crippen LogP contribution in [0, 0.1) is 11.6 Å². The van der Waals surface area contributed by atoms with Gasteiger partial charge in [-0.1, -0.05) is 15.9 Å². The third-order valence-electron chi connectivity index (χ3n) is 2.59. The van der Waals surface area contributed by atoms with Crippen molar-refractivity contribution in [1.82, 2.24) is 0 Å². The van der Waals surface area contributed by atoms with E-state index in [2.05, 4.69) is 15.9 Å². The summed E-state index contributed by atoms with van der Waals surface area (Å²) in [6.07, 6.45) is 0.995. The maximum absolute atomic E-state index is 13.4. The zero-order valence-electron chi connectivity index (χ0n) is 7.73. The van der Waals surface area contributed by atoms with Gasteiger partial charge in [0.15, 0.2) is 11.6 Å². The van der Waals surface area contributed by atoms with Gasteiger partial charge in [-0.05, 0) is 25.5 Å². The second-order valence-electron chi connectivity index (χ2n) is 3.55. The second kappa shape index (κ2) is 3.50. The average Bonchev–Trinajstić information content (AvgIpc) is 2.08. The fraction of sp³-hybridized carbons (Fsp3) is 0.400. The van der Waals surface area contributed by atoms with E-state index in [-0.39, 0.29) is 11.7 Å². The summed E-state index contributed by atoms with van der Waals surface area (Å²) >= 11 is 3.05. The lowest BCUT2D eigenvalue weighted by Crippen LogP contribution is -2.46. The standard InChI is InChI=1S/C10H10BrF2N/c1-6-2-3-14(6)10-8(12)4-7(11)5-9(10)13/h4-6H,2-3H2,1H3. The maximum Gasteiger partial charge on any atom is 0.150 e. The SMILES string of the molecule is CC1CCN1c1c(F)cc(Br)cc1F. The number of anilines is 1. The Balaban J connectivity index is 2.42. The fourth-order valence-corrected chi connectivity index (χ4v) is 2.06. The highest BCUT2D eigenvalue weighted by atomic mass is 79.9. The summed E-state index contributed by atoms with van der Waals surface area (Å²) in [7, 11) is 0. The number of hydrogen-bond acceptors (Lipinski definition) is 1. The molecule has 1 saturated heterocycles. The number of hydrogen-bond donors (Lipinski definition) is 0. The minimum atomic E-state index is -0.497. The van der Waals surface area contributed by atoms with E-state index < -0.39 is 11.6 Å². The Morgan fingerprint density at radius 3 is 2.29 bits per heavy atom. The monoisotopic (exact) mass is 261 g/mol. The van der Waals surface area contributed by atoms with Crippen molar-refractivity contribution in [2.45, 2.75) is 19.4 Å². The molecule has 1 aliphatic heterocycles. The molecule has 1 fully saturated rings. The van der Waals surface area contributed by atoms with Gasteiger partial charge in [0, 0.05) is 17.1 Å². The van der Waals surface area contributed by atoms with Gasteiger partial charge in [-0.25, -0.2) is 8.78 Å². The van der Waals surface area contributed by atoms with Crippen LogP contribution < -0.4 is 4.90 Å². The molecular formula is C10H10BrF2N. The van der Waals surface area contributed by atoms with Crippen molar-refractivity contribution in [3.63, 3.8) is 0 Å². The fourth-order valence-electron chi connectivity index (χ4n) is 1.66. The molecule has 1 heterocycles. The third-order valence-corrected chi connectivity index (χ3v) is 3.05. The van der Waals surface area contributed by atoms with Crippen LogP contribution in [0.2, 0.25) is 0 Å². The van der Waals surface area contributed by atoms with Crippen molar-refractivity contribution in [3.8, 4) is 0 Å². The van der Waals surface area contributed by atoms with E-state index in [1.807, 2.05) is 6.92 Å². The highest BCUT2D eigenvalue weighted by Gasteiger charge is 2.28. The molecule has 0 saturated carbocycles. The van der Waals surface area contributed by atoms with E-state index in [0.717, 1.165) is 13.0 Å². The first-order valence-corrected chi connectivity index (χ1v) is 5.30. The molecule has 0 N–H and O–H groups in total. The quantitative estimate of drug-likeness (QED) is 0.750. The van der Waals surface area contributed by atoms with E-state index >= 15 is 0 Å². The Hall–Kier alpha value is -0.640. The van der Waals surface area contributed by atoms with Crippen LogP contribution in [-0.4, -0.2) is 12.6 Å². The smallest absolute Gasteiger partial charge is 0.150 e. The van der Waals surface area contributed by atoms with Crippen LogP contribution in [0.3, 0.4) is 0 Å². The molecule has 4 heteroatoms. The van der Waals surface area contributed by atoms with Gasteiger partial charge >= 0.3 is 0 Å². The first-order chi connectivity index (χ1) is 6.59. The number of halogens is 3. The molecule has 0 amide bonds. The van der Waals surface area contributed by atoms with Gasteiger partial charge in [-0.2, -0.15) is 0 Å². The molecule has 1 aromatic rings. The van der Waals surface area contributed by atoms with Crippen LogP contribution in [0.25, 0.3) is 0 Å². The molecule has 0 radical (unpaired) electrons. The molecule has 0 aromatic heterocycles. The Morgan fingerprint density at radius 1 is 1.36 bits per heavy atom. The molecule has 2 rings (SSSR count). The molecule has 0 spiro atoms. The van der Waals surface area contributed by atoms with Crippen molar-refractivity contribution in [2.75, 3.05) is 11.4 Å². The van der Waals surface area contributed by atoms with Crippen molar-refractivity contribution in [2.24, 2.45) is 0 Å². The van der Waals surface area contributed by atoms with Crippen LogP contribution >= 0.6 is 15.9 Å². The van der Waals surface area contributed by atoms with Crippen LogP contribution in [0.15, 0.2) is 16.6 Å². The van der Waals surface area contributed by atoms with Crippen molar-refractivity contribution < 1.29 is 8.78 Å². The van der Waals surface area contributed by atoms with E-state index in [0.29, 0.717) is 4.47 Å². The first kappa shape index (κ1) is 9.90. The third kappa shape index (κ3) is 1.52.